The molecule has 0 aliphatic carbocycles. The second-order valence-electron chi connectivity index (χ2n) is 5.10. The molecule has 1 N–H and O–H groups in total. The van der Waals surface area contributed by atoms with Crippen molar-refractivity contribution in [1.82, 2.24) is 5.32 Å². The van der Waals surface area contributed by atoms with Crippen molar-refractivity contribution >= 4 is 21.6 Å². The molecule has 94 valence electrons. The van der Waals surface area contributed by atoms with Crippen LogP contribution in [0.2, 0.25) is 0 Å². The van der Waals surface area contributed by atoms with Crippen molar-refractivity contribution in [3.63, 3.8) is 0 Å². The zero-order valence-electron chi connectivity index (χ0n) is 10.7. The normalized spacial score (nSPS) is 20.3. The molecule has 1 aliphatic rings. The molecule has 1 fully saturated rings. The van der Waals surface area contributed by atoms with E-state index < -0.39 is 0 Å². The lowest BCUT2D eigenvalue weighted by atomic mass is 9.92. The Balaban J connectivity index is 2.07. The van der Waals surface area contributed by atoms with Crippen molar-refractivity contribution in [1.29, 1.82) is 0 Å². The minimum absolute atomic E-state index is 0.805. The van der Waals surface area contributed by atoms with Crippen LogP contribution in [0.25, 0.3) is 0 Å². The second-order valence-corrected chi connectivity index (χ2v) is 5.95. The summed E-state index contributed by atoms with van der Waals surface area (Å²) >= 11 is 3.60. The number of piperidine rings is 1. The molecule has 1 aromatic carbocycles. The van der Waals surface area contributed by atoms with Crippen molar-refractivity contribution < 1.29 is 0 Å². The third-order valence-electron chi connectivity index (χ3n) is 3.42. The molecule has 2 rings (SSSR count). The smallest absolute Gasteiger partial charge is 0.0508 e. The summed E-state index contributed by atoms with van der Waals surface area (Å²) in [7, 11) is 4.18. The zero-order valence-corrected chi connectivity index (χ0v) is 12.3. The number of hydrogen-bond donors (Lipinski definition) is 1. The van der Waals surface area contributed by atoms with Gasteiger partial charge in [0, 0.05) is 18.6 Å². The van der Waals surface area contributed by atoms with Gasteiger partial charge < -0.3 is 10.2 Å². The van der Waals surface area contributed by atoms with E-state index in [0.29, 0.717) is 0 Å². The van der Waals surface area contributed by atoms with E-state index in [0.717, 1.165) is 5.92 Å². The predicted octanol–water partition coefficient (Wildman–Crippen LogP) is 3.06. The summed E-state index contributed by atoms with van der Waals surface area (Å²) in [5.41, 5.74) is 2.72. The van der Waals surface area contributed by atoms with Gasteiger partial charge in [-0.1, -0.05) is 6.07 Å². The van der Waals surface area contributed by atoms with E-state index in [-0.39, 0.29) is 0 Å². The average molecular weight is 297 g/mol. The number of halogens is 1. The third-order valence-corrected chi connectivity index (χ3v) is 4.09. The molecule has 1 heterocycles. The Morgan fingerprint density at radius 1 is 1.41 bits per heavy atom. The maximum atomic E-state index is 3.60. The molecule has 2 nitrogen and oxygen atoms in total. The fourth-order valence-corrected chi connectivity index (χ4v) is 3.06. The molecule has 3 heteroatoms. The van der Waals surface area contributed by atoms with Crippen molar-refractivity contribution in [3.8, 4) is 0 Å². The fourth-order valence-electron chi connectivity index (χ4n) is 2.46. The highest BCUT2D eigenvalue weighted by Gasteiger charge is 2.14. The van der Waals surface area contributed by atoms with Gasteiger partial charge in [-0.25, -0.2) is 0 Å². The van der Waals surface area contributed by atoms with Gasteiger partial charge in [0.25, 0.3) is 0 Å². The lowest BCUT2D eigenvalue weighted by molar-refractivity contribution is 0.376. The predicted molar refractivity (Wildman–Crippen MR) is 77.8 cm³/mol. The summed E-state index contributed by atoms with van der Waals surface area (Å²) in [6.07, 6.45) is 3.88. The Hall–Kier alpha value is -0.540. The van der Waals surface area contributed by atoms with Crippen LogP contribution in [0.4, 0.5) is 5.69 Å². The number of nitrogens with zero attached hydrogens (tertiary/aromatic N) is 1. The SMILES string of the molecule is CN(C)c1cc(CC2CCCNC2)ccc1Br. The maximum Gasteiger partial charge on any atom is 0.0508 e. The summed E-state index contributed by atoms with van der Waals surface area (Å²) in [6.45, 7) is 2.37. The highest BCUT2D eigenvalue weighted by atomic mass is 79.9. The molecule has 0 radical (unpaired) electrons. The van der Waals surface area contributed by atoms with E-state index in [4.69, 9.17) is 0 Å². The minimum atomic E-state index is 0.805. The van der Waals surface area contributed by atoms with Gasteiger partial charge in [0.2, 0.25) is 0 Å². The van der Waals surface area contributed by atoms with Crippen LogP contribution in [0, 0.1) is 5.92 Å². The van der Waals surface area contributed by atoms with E-state index in [1.54, 1.807) is 0 Å². The van der Waals surface area contributed by atoms with Crippen LogP contribution in [-0.4, -0.2) is 27.2 Å². The molecule has 1 saturated heterocycles. The Morgan fingerprint density at radius 2 is 2.24 bits per heavy atom. The molecule has 17 heavy (non-hydrogen) atoms. The van der Waals surface area contributed by atoms with Crippen LogP contribution in [0.15, 0.2) is 22.7 Å². The van der Waals surface area contributed by atoms with Crippen LogP contribution in [0.1, 0.15) is 18.4 Å². The lowest BCUT2D eigenvalue weighted by Crippen LogP contribution is -2.30. The Labute approximate surface area is 113 Å². The standard InChI is InChI=1S/C14H21BrN2/c1-17(2)14-9-11(5-6-13(14)15)8-12-4-3-7-16-10-12/h5-6,9,12,16H,3-4,7-8,10H2,1-2H3. The van der Waals surface area contributed by atoms with Crippen LogP contribution < -0.4 is 10.2 Å². The highest BCUT2D eigenvalue weighted by molar-refractivity contribution is 9.10. The summed E-state index contributed by atoms with van der Waals surface area (Å²) in [5.74, 6) is 0.805. The molecule has 1 atom stereocenters. The van der Waals surface area contributed by atoms with E-state index in [1.165, 1.54) is 48.1 Å². The van der Waals surface area contributed by atoms with Crippen molar-refractivity contribution in [2.45, 2.75) is 19.3 Å². The number of rotatable bonds is 3. The highest BCUT2D eigenvalue weighted by Crippen LogP contribution is 2.27. The van der Waals surface area contributed by atoms with Gasteiger partial charge in [0.05, 0.1) is 5.69 Å². The molecular formula is C14H21BrN2. The van der Waals surface area contributed by atoms with Gasteiger partial charge in [0.1, 0.15) is 0 Å². The summed E-state index contributed by atoms with van der Waals surface area (Å²) in [6, 6.07) is 6.71. The van der Waals surface area contributed by atoms with Crippen LogP contribution in [0.3, 0.4) is 0 Å². The van der Waals surface area contributed by atoms with Gasteiger partial charge in [-0.15, -0.1) is 0 Å². The molecule has 1 unspecified atom stereocenters. The third kappa shape index (κ3) is 3.46. The molecule has 1 aliphatic heterocycles. The minimum Gasteiger partial charge on any atom is -0.377 e. The largest absolute Gasteiger partial charge is 0.377 e. The first-order valence-electron chi connectivity index (χ1n) is 6.33. The molecule has 0 spiro atoms. The molecule has 0 bridgehead atoms. The number of benzene rings is 1. The van der Waals surface area contributed by atoms with E-state index in [9.17, 15) is 0 Å². The van der Waals surface area contributed by atoms with Gasteiger partial charge in [0.15, 0.2) is 0 Å². The van der Waals surface area contributed by atoms with Gasteiger partial charge in [-0.2, -0.15) is 0 Å². The summed E-state index contributed by atoms with van der Waals surface area (Å²) < 4.78 is 1.17. The Morgan fingerprint density at radius 3 is 2.88 bits per heavy atom. The van der Waals surface area contributed by atoms with Gasteiger partial charge in [-0.05, 0) is 71.9 Å². The molecular weight excluding hydrogens is 276 g/mol. The number of anilines is 1. The van der Waals surface area contributed by atoms with E-state index >= 15 is 0 Å². The number of hydrogen-bond acceptors (Lipinski definition) is 2. The average Bonchev–Trinajstić information content (AvgIpc) is 2.32. The zero-order chi connectivity index (χ0) is 12.3. The molecule has 0 aromatic heterocycles. The van der Waals surface area contributed by atoms with Crippen LogP contribution >= 0.6 is 15.9 Å². The molecule has 0 amide bonds. The van der Waals surface area contributed by atoms with Gasteiger partial charge in [-0.3, -0.25) is 0 Å². The quantitative estimate of drug-likeness (QED) is 0.922. The van der Waals surface area contributed by atoms with Crippen molar-refractivity contribution in [2.75, 3.05) is 32.1 Å². The van der Waals surface area contributed by atoms with Crippen molar-refractivity contribution in [2.24, 2.45) is 5.92 Å². The van der Waals surface area contributed by atoms with Gasteiger partial charge >= 0.3 is 0 Å². The number of nitrogens with one attached hydrogen (secondary N) is 1. The summed E-state index contributed by atoms with van der Waals surface area (Å²) in [4.78, 5) is 2.16. The maximum absolute atomic E-state index is 3.60. The van der Waals surface area contributed by atoms with Crippen LogP contribution in [-0.2, 0) is 6.42 Å². The Kier molecular flexibility index (Phi) is 4.46. The first-order valence-corrected chi connectivity index (χ1v) is 7.12. The first-order chi connectivity index (χ1) is 8.16. The molecule has 0 saturated carbocycles. The first kappa shape index (κ1) is 12.9. The Bertz CT molecular complexity index is 370. The van der Waals surface area contributed by atoms with Crippen molar-refractivity contribution in [3.05, 3.63) is 28.2 Å². The van der Waals surface area contributed by atoms with E-state index in [2.05, 4.69) is 58.4 Å². The fraction of sp³-hybridized carbons (Fsp3) is 0.571. The summed E-state index contributed by atoms with van der Waals surface area (Å²) in [5, 5.41) is 3.48. The topological polar surface area (TPSA) is 15.3 Å². The van der Waals surface area contributed by atoms with E-state index in [1.807, 2.05) is 0 Å². The second kappa shape index (κ2) is 5.87. The van der Waals surface area contributed by atoms with Crippen LogP contribution in [0.5, 0.6) is 0 Å². The molecule has 1 aromatic rings. The lowest BCUT2D eigenvalue weighted by Gasteiger charge is -2.23. The monoisotopic (exact) mass is 296 g/mol.